The molecule has 0 saturated carbocycles. The highest BCUT2D eigenvalue weighted by Gasteiger charge is 2.18. The third-order valence-corrected chi connectivity index (χ3v) is 7.04. The number of benzene rings is 3. The molecular formula is C34H35N5O3. The van der Waals surface area contributed by atoms with Gasteiger partial charge in [-0.1, -0.05) is 63.2 Å². The van der Waals surface area contributed by atoms with Crippen molar-refractivity contribution in [2.75, 3.05) is 23.1 Å². The molecule has 3 amide bonds. The van der Waals surface area contributed by atoms with Gasteiger partial charge in [-0.2, -0.15) is 0 Å². The van der Waals surface area contributed by atoms with Crippen molar-refractivity contribution in [3.63, 3.8) is 0 Å². The van der Waals surface area contributed by atoms with Gasteiger partial charge in [0.05, 0.1) is 36.4 Å². The van der Waals surface area contributed by atoms with Crippen LogP contribution in [0.2, 0.25) is 0 Å². The zero-order chi connectivity index (χ0) is 29.9. The van der Waals surface area contributed by atoms with Crippen molar-refractivity contribution in [3.05, 3.63) is 103 Å². The van der Waals surface area contributed by atoms with Gasteiger partial charge in [-0.25, -0.2) is 4.79 Å². The summed E-state index contributed by atoms with van der Waals surface area (Å²) in [5.41, 5.74) is 5.98. The third kappa shape index (κ3) is 6.44. The van der Waals surface area contributed by atoms with E-state index in [2.05, 4.69) is 47.8 Å². The van der Waals surface area contributed by atoms with Crippen molar-refractivity contribution < 1.29 is 14.3 Å². The number of pyridine rings is 1. The van der Waals surface area contributed by atoms with E-state index in [1.54, 1.807) is 7.11 Å². The molecule has 5 aromatic rings. The molecule has 0 aliphatic carbocycles. The Morgan fingerprint density at radius 2 is 1.64 bits per heavy atom. The molecule has 8 nitrogen and oxygen atoms in total. The molecule has 2 aromatic heterocycles. The molecule has 214 valence electrons. The maximum Gasteiger partial charge on any atom is 0.323 e. The van der Waals surface area contributed by atoms with Crippen molar-refractivity contribution in [3.8, 4) is 16.9 Å². The average Bonchev–Trinajstić information content (AvgIpc) is 3.39. The number of fused-ring (bicyclic) bond motifs is 1. The molecule has 5 rings (SSSR count). The molecule has 0 bridgehead atoms. The quantitative estimate of drug-likeness (QED) is 0.190. The first-order valence-corrected chi connectivity index (χ1v) is 13.8. The summed E-state index contributed by atoms with van der Waals surface area (Å²) in [4.78, 5) is 29.1. The van der Waals surface area contributed by atoms with Crippen LogP contribution < -0.4 is 20.7 Å². The molecule has 3 aromatic carbocycles. The number of urea groups is 1. The van der Waals surface area contributed by atoms with Crippen LogP contribution in [0.25, 0.3) is 21.9 Å². The van der Waals surface area contributed by atoms with Gasteiger partial charge in [0.15, 0.2) is 0 Å². The van der Waals surface area contributed by atoms with Crippen LogP contribution in [0.3, 0.4) is 0 Å². The van der Waals surface area contributed by atoms with Crippen molar-refractivity contribution >= 4 is 39.8 Å². The number of nitrogens with zero attached hydrogens (tertiary/aromatic N) is 2. The number of aromatic nitrogens is 2. The summed E-state index contributed by atoms with van der Waals surface area (Å²) in [6, 6.07) is 23.3. The summed E-state index contributed by atoms with van der Waals surface area (Å²) in [5, 5.41) is 10.7. The Bertz CT molecular complexity index is 1750. The lowest BCUT2D eigenvalue weighted by Gasteiger charge is -2.21. The van der Waals surface area contributed by atoms with Crippen LogP contribution in [-0.4, -0.2) is 28.6 Å². The van der Waals surface area contributed by atoms with Gasteiger partial charge in [-0.15, -0.1) is 0 Å². The third-order valence-electron chi connectivity index (χ3n) is 7.04. The Balaban J connectivity index is 1.35. The summed E-state index contributed by atoms with van der Waals surface area (Å²) in [6.45, 7) is 8.46. The lowest BCUT2D eigenvalue weighted by molar-refractivity contribution is -0.114. The number of hydrogen-bond acceptors (Lipinski definition) is 4. The van der Waals surface area contributed by atoms with Crippen LogP contribution in [0.1, 0.15) is 39.0 Å². The minimum Gasteiger partial charge on any atom is -0.495 e. The van der Waals surface area contributed by atoms with Crippen LogP contribution in [0, 0.1) is 0 Å². The Morgan fingerprint density at radius 3 is 2.33 bits per heavy atom. The maximum atomic E-state index is 13.1. The van der Waals surface area contributed by atoms with Crippen molar-refractivity contribution in [2.24, 2.45) is 0 Å². The number of carbonyl (C=O) groups excluding carboxylic acids is 2. The van der Waals surface area contributed by atoms with E-state index >= 15 is 0 Å². The summed E-state index contributed by atoms with van der Waals surface area (Å²) >= 11 is 0. The van der Waals surface area contributed by atoms with Crippen LogP contribution >= 0.6 is 0 Å². The lowest BCUT2D eigenvalue weighted by Crippen LogP contribution is -2.21. The highest BCUT2D eigenvalue weighted by molar-refractivity contribution is 6.10. The Labute approximate surface area is 245 Å². The van der Waals surface area contributed by atoms with Gasteiger partial charge in [0.1, 0.15) is 5.75 Å². The molecule has 8 heteroatoms. The minimum absolute atomic E-state index is 0.0716. The number of amides is 3. The largest absolute Gasteiger partial charge is 0.495 e. The van der Waals surface area contributed by atoms with E-state index in [1.165, 1.54) is 6.92 Å². The SMILES string of the molecule is COc1ccc(C(C)(C)C)cc1NC(=O)Nc1ccc(-c2ccc(Cn3ccc(NC(C)=O)c3)nc2)c2ccccc12. The van der Waals surface area contributed by atoms with E-state index in [9.17, 15) is 9.59 Å². The molecule has 0 radical (unpaired) electrons. The van der Waals surface area contributed by atoms with Gasteiger partial charge in [0.25, 0.3) is 0 Å². The van der Waals surface area contributed by atoms with E-state index in [1.807, 2.05) is 89.9 Å². The number of carbonyl (C=O) groups is 2. The highest BCUT2D eigenvalue weighted by Crippen LogP contribution is 2.34. The fourth-order valence-corrected chi connectivity index (χ4v) is 4.89. The topological polar surface area (TPSA) is 97.3 Å². The zero-order valence-corrected chi connectivity index (χ0v) is 24.5. The number of rotatable bonds is 7. The molecule has 0 spiro atoms. The molecule has 0 saturated heterocycles. The molecule has 42 heavy (non-hydrogen) atoms. The fourth-order valence-electron chi connectivity index (χ4n) is 4.89. The molecule has 0 aliphatic rings. The highest BCUT2D eigenvalue weighted by atomic mass is 16.5. The van der Waals surface area contributed by atoms with Crippen LogP contribution in [-0.2, 0) is 16.8 Å². The molecule has 0 aliphatic heterocycles. The molecule has 0 fully saturated rings. The average molecular weight is 562 g/mol. The molecular weight excluding hydrogens is 526 g/mol. The second kappa shape index (κ2) is 11.8. The lowest BCUT2D eigenvalue weighted by atomic mass is 9.87. The smallest absolute Gasteiger partial charge is 0.323 e. The van der Waals surface area contributed by atoms with Crippen LogP contribution in [0.4, 0.5) is 21.9 Å². The first-order chi connectivity index (χ1) is 20.1. The van der Waals surface area contributed by atoms with Gasteiger partial charge < -0.3 is 25.3 Å². The Kier molecular flexibility index (Phi) is 7.97. The summed E-state index contributed by atoms with van der Waals surface area (Å²) in [6.07, 6.45) is 5.65. The first kappa shape index (κ1) is 28.4. The number of anilines is 3. The Hall–Kier alpha value is -5.11. The zero-order valence-electron chi connectivity index (χ0n) is 24.5. The summed E-state index contributed by atoms with van der Waals surface area (Å²) < 4.78 is 7.47. The number of ether oxygens (including phenoxy) is 1. The van der Waals surface area contributed by atoms with Gasteiger partial charge in [-0.3, -0.25) is 9.78 Å². The molecule has 0 unspecified atom stereocenters. The summed E-state index contributed by atoms with van der Waals surface area (Å²) in [5.74, 6) is 0.495. The predicted octanol–water partition coefficient (Wildman–Crippen LogP) is 7.66. The molecule has 3 N–H and O–H groups in total. The predicted molar refractivity (Wildman–Crippen MR) is 169 cm³/mol. The number of methoxy groups -OCH3 is 1. The van der Waals surface area contributed by atoms with E-state index in [0.717, 1.165) is 38.8 Å². The van der Waals surface area contributed by atoms with Gasteiger partial charge in [-0.05, 0) is 52.3 Å². The summed E-state index contributed by atoms with van der Waals surface area (Å²) in [7, 11) is 1.59. The normalized spacial score (nSPS) is 11.3. The minimum atomic E-state index is -0.352. The second-order valence-electron chi connectivity index (χ2n) is 11.2. The van der Waals surface area contributed by atoms with Crippen LogP contribution in [0.5, 0.6) is 5.75 Å². The van der Waals surface area contributed by atoms with E-state index < -0.39 is 0 Å². The van der Waals surface area contributed by atoms with Gasteiger partial charge in [0, 0.05) is 36.5 Å². The number of hydrogen-bond donors (Lipinski definition) is 3. The molecule has 2 heterocycles. The van der Waals surface area contributed by atoms with Gasteiger partial charge >= 0.3 is 6.03 Å². The fraction of sp³-hybridized carbons (Fsp3) is 0.206. The van der Waals surface area contributed by atoms with Crippen molar-refractivity contribution in [2.45, 2.75) is 39.7 Å². The Morgan fingerprint density at radius 1 is 0.881 bits per heavy atom. The first-order valence-electron chi connectivity index (χ1n) is 13.8. The maximum absolute atomic E-state index is 13.1. The van der Waals surface area contributed by atoms with Gasteiger partial charge in [0.2, 0.25) is 5.91 Å². The standard InChI is InChI=1S/C34H35N5O3/c1-22(40)36-26-16-17-39(21-26)20-25-12-10-23(19-35-25)27-13-14-30(29-9-7-6-8-28(27)29)37-33(41)38-31-18-24(34(2,3)4)11-15-32(31)42-5/h6-19,21H,20H2,1-5H3,(H,36,40)(H2,37,38,41). The van der Waals surface area contributed by atoms with E-state index in [-0.39, 0.29) is 17.4 Å². The number of nitrogens with one attached hydrogen (secondary N) is 3. The van der Waals surface area contributed by atoms with E-state index in [0.29, 0.717) is 23.7 Å². The monoisotopic (exact) mass is 561 g/mol. The van der Waals surface area contributed by atoms with Crippen molar-refractivity contribution in [1.29, 1.82) is 0 Å². The van der Waals surface area contributed by atoms with Crippen LogP contribution in [0.15, 0.2) is 91.4 Å². The van der Waals surface area contributed by atoms with E-state index in [4.69, 9.17) is 4.74 Å². The second-order valence-corrected chi connectivity index (χ2v) is 11.2. The molecule has 0 atom stereocenters. The van der Waals surface area contributed by atoms with Crippen molar-refractivity contribution in [1.82, 2.24) is 9.55 Å².